The second-order valence-electron chi connectivity index (χ2n) is 5.43. The lowest BCUT2D eigenvalue weighted by Crippen LogP contribution is -2.49. The van der Waals surface area contributed by atoms with Gasteiger partial charge in [-0.05, 0) is 24.6 Å². The molecule has 1 aromatic heterocycles. The second kappa shape index (κ2) is 6.77. The normalized spacial score (nSPS) is 17.5. The van der Waals surface area contributed by atoms with Crippen molar-refractivity contribution >= 4 is 28.8 Å². The van der Waals surface area contributed by atoms with E-state index >= 15 is 0 Å². The van der Waals surface area contributed by atoms with Gasteiger partial charge in [0, 0.05) is 42.6 Å². The van der Waals surface area contributed by atoms with Crippen molar-refractivity contribution in [3.05, 3.63) is 51.4 Å². The van der Waals surface area contributed by atoms with Crippen LogP contribution in [0.15, 0.2) is 35.2 Å². The summed E-state index contributed by atoms with van der Waals surface area (Å²) in [5.41, 5.74) is 3.51. The number of nitrogens with zero attached hydrogens (tertiary/aromatic N) is 3. The zero-order chi connectivity index (χ0) is 15.5. The zero-order valence-corrected chi connectivity index (χ0v) is 14.0. The molecule has 2 aromatic rings. The minimum atomic E-state index is 0.0417. The van der Waals surface area contributed by atoms with E-state index in [9.17, 15) is 4.79 Å². The van der Waals surface area contributed by atoms with Crippen molar-refractivity contribution in [2.24, 2.45) is 0 Å². The van der Waals surface area contributed by atoms with Crippen molar-refractivity contribution in [3.8, 4) is 0 Å². The average Bonchev–Trinajstić information content (AvgIpc) is 3.09. The van der Waals surface area contributed by atoms with Crippen LogP contribution in [0.5, 0.6) is 0 Å². The number of rotatable bonds is 3. The summed E-state index contributed by atoms with van der Waals surface area (Å²) in [5, 5.41) is 2.57. The summed E-state index contributed by atoms with van der Waals surface area (Å²) in [6.07, 6.45) is 0. The molecule has 0 spiro atoms. The first-order chi connectivity index (χ1) is 10.6. The summed E-state index contributed by atoms with van der Waals surface area (Å²) < 4.78 is 0. The molecule has 2 heterocycles. The number of thiazole rings is 1. The number of piperazine rings is 1. The molecule has 0 bridgehead atoms. The molecule has 1 saturated heterocycles. The Bertz CT molecular complexity index is 621. The highest BCUT2D eigenvalue weighted by atomic mass is 35.5. The Balaban J connectivity index is 1.59. The van der Waals surface area contributed by atoms with E-state index in [0.717, 1.165) is 31.2 Å². The molecule has 22 heavy (non-hydrogen) atoms. The Morgan fingerprint density at radius 2 is 1.91 bits per heavy atom. The quantitative estimate of drug-likeness (QED) is 0.863. The lowest BCUT2D eigenvalue weighted by Gasteiger charge is -2.38. The van der Waals surface area contributed by atoms with E-state index in [1.54, 1.807) is 5.51 Å². The van der Waals surface area contributed by atoms with Crippen LogP contribution in [0.1, 0.15) is 29.0 Å². The molecule has 0 N–H and O–H groups in total. The van der Waals surface area contributed by atoms with Crippen molar-refractivity contribution in [1.29, 1.82) is 0 Å². The standard InChI is InChI=1S/C16H18ClN3OS/c1-12(13-2-4-14(17)5-3-13)19-6-8-20(9-7-19)16(21)15-10-22-11-18-15/h2-5,10-12H,6-9H2,1H3. The van der Waals surface area contributed by atoms with Gasteiger partial charge in [-0.25, -0.2) is 4.98 Å². The van der Waals surface area contributed by atoms with Crippen LogP contribution >= 0.6 is 22.9 Å². The first-order valence-corrected chi connectivity index (χ1v) is 8.64. The summed E-state index contributed by atoms with van der Waals surface area (Å²) in [4.78, 5) is 20.7. The maximum atomic E-state index is 12.3. The van der Waals surface area contributed by atoms with E-state index in [-0.39, 0.29) is 5.91 Å². The second-order valence-corrected chi connectivity index (χ2v) is 6.58. The van der Waals surface area contributed by atoms with E-state index in [2.05, 4.69) is 28.9 Å². The third-order valence-corrected chi connectivity index (χ3v) is 4.99. The summed E-state index contributed by atoms with van der Waals surface area (Å²) in [6.45, 7) is 5.43. The van der Waals surface area contributed by atoms with Crippen LogP contribution in [0.3, 0.4) is 0 Å². The molecular formula is C16H18ClN3OS. The Hall–Kier alpha value is -1.43. The molecule has 1 amide bonds. The lowest BCUT2D eigenvalue weighted by molar-refractivity contribution is 0.0577. The van der Waals surface area contributed by atoms with Crippen LogP contribution in [-0.2, 0) is 0 Å². The summed E-state index contributed by atoms with van der Waals surface area (Å²) >= 11 is 7.40. The number of aromatic nitrogens is 1. The maximum absolute atomic E-state index is 12.3. The molecule has 1 fully saturated rings. The Morgan fingerprint density at radius 3 is 2.50 bits per heavy atom. The van der Waals surface area contributed by atoms with E-state index in [0.29, 0.717) is 11.7 Å². The van der Waals surface area contributed by atoms with Crippen LogP contribution in [0.25, 0.3) is 0 Å². The fraction of sp³-hybridized carbons (Fsp3) is 0.375. The average molecular weight is 336 g/mol. The minimum Gasteiger partial charge on any atom is -0.335 e. The van der Waals surface area contributed by atoms with Gasteiger partial charge in [0.15, 0.2) is 0 Å². The van der Waals surface area contributed by atoms with Gasteiger partial charge >= 0.3 is 0 Å². The number of carbonyl (C=O) groups excluding carboxylic acids is 1. The van der Waals surface area contributed by atoms with Crippen LogP contribution in [0, 0.1) is 0 Å². The largest absolute Gasteiger partial charge is 0.335 e. The molecule has 0 aliphatic carbocycles. The molecule has 1 unspecified atom stereocenters. The molecule has 3 rings (SSSR count). The van der Waals surface area contributed by atoms with Gasteiger partial charge in [0.25, 0.3) is 5.91 Å². The fourth-order valence-corrected chi connectivity index (χ4v) is 3.40. The van der Waals surface area contributed by atoms with Gasteiger partial charge in [0.05, 0.1) is 5.51 Å². The number of carbonyl (C=O) groups is 1. The SMILES string of the molecule is CC(c1ccc(Cl)cc1)N1CCN(C(=O)c2cscn2)CC1. The van der Waals surface area contributed by atoms with Crippen LogP contribution in [0.4, 0.5) is 0 Å². The molecule has 6 heteroatoms. The Labute approximate surface area is 139 Å². The number of benzene rings is 1. The van der Waals surface area contributed by atoms with Crippen molar-refractivity contribution in [1.82, 2.24) is 14.8 Å². The molecule has 4 nitrogen and oxygen atoms in total. The van der Waals surface area contributed by atoms with Gasteiger partial charge in [-0.3, -0.25) is 9.69 Å². The third-order valence-electron chi connectivity index (χ3n) is 4.15. The van der Waals surface area contributed by atoms with Gasteiger partial charge in [-0.15, -0.1) is 11.3 Å². The monoisotopic (exact) mass is 335 g/mol. The highest BCUT2D eigenvalue weighted by Crippen LogP contribution is 2.23. The van der Waals surface area contributed by atoms with Gasteiger partial charge in [0.1, 0.15) is 5.69 Å². The third kappa shape index (κ3) is 3.32. The molecule has 1 atom stereocenters. The topological polar surface area (TPSA) is 36.4 Å². The Kier molecular flexibility index (Phi) is 4.76. The van der Waals surface area contributed by atoms with Crippen molar-refractivity contribution in [2.75, 3.05) is 26.2 Å². The van der Waals surface area contributed by atoms with Crippen molar-refractivity contribution in [2.45, 2.75) is 13.0 Å². The molecule has 1 aliphatic heterocycles. The lowest BCUT2D eigenvalue weighted by atomic mass is 10.1. The van der Waals surface area contributed by atoms with Crippen molar-refractivity contribution < 1.29 is 4.79 Å². The van der Waals surface area contributed by atoms with Gasteiger partial charge in [-0.2, -0.15) is 0 Å². The molecule has 0 saturated carbocycles. The predicted octanol–water partition coefficient (Wildman–Crippen LogP) is 3.32. The minimum absolute atomic E-state index is 0.0417. The van der Waals surface area contributed by atoms with E-state index in [1.807, 2.05) is 22.4 Å². The summed E-state index contributed by atoms with van der Waals surface area (Å²) in [7, 11) is 0. The molecular weight excluding hydrogens is 318 g/mol. The zero-order valence-electron chi connectivity index (χ0n) is 12.4. The van der Waals surface area contributed by atoms with Crippen LogP contribution < -0.4 is 0 Å². The first kappa shape index (κ1) is 15.5. The van der Waals surface area contributed by atoms with Crippen LogP contribution in [-0.4, -0.2) is 46.9 Å². The van der Waals surface area contributed by atoms with Crippen molar-refractivity contribution in [3.63, 3.8) is 0 Å². The highest BCUT2D eigenvalue weighted by molar-refractivity contribution is 7.07. The van der Waals surface area contributed by atoms with Gasteiger partial charge in [0.2, 0.25) is 0 Å². The fourth-order valence-electron chi connectivity index (χ4n) is 2.74. The molecule has 1 aromatic carbocycles. The first-order valence-electron chi connectivity index (χ1n) is 7.32. The van der Waals surface area contributed by atoms with Gasteiger partial charge in [-0.1, -0.05) is 23.7 Å². The molecule has 116 valence electrons. The van der Waals surface area contributed by atoms with Crippen LogP contribution in [0.2, 0.25) is 5.02 Å². The molecule has 0 radical (unpaired) electrons. The number of halogens is 1. The smallest absolute Gasteiger partial charge is 0.273 e. The van der Waals surface area contributed by atoms with E-state index in [4.69, 9.17) is 11.6 Å². The highest BCUT2D eigenvalue weighted by Gasteiger charge is 2.26. The Morgan fingerprint density at radius 1 is 1.23 bits per heavy atom. The predicted molar refractivity (Wildman–Crippen MR) is 89.5 cm³/mol. The van der Waals surface area contributed by atoms with E-state index < -0.39 is 0 Å². The maximum Gasteiger partial charge on any atom is 0.273 e. The molecule has 1 aliphatic rings. The van der Waals surface area contributed by atoms with Gasteiger partial charge < -0.3 is 4.90 Å². The number of amides is 1. The summed E-state index contributed by atoms with van der Waals surface area (Å²) in [6, 6.07) is 8.32. The van der Waals surface area contributed by atoms with E-state index in [1.165, 1.54) is 16.9 Å². The summed E-state index contributed by atoms with van der Waals surface area (Å²) in [5.74, 6) is 0.0417. The number of hydrogen-bond acceptors (Lipinski definition) is 4. The number of hydrogen-bond donors (Lipinski definition) is 0.